The molecule has 3 heteroatoms. The molecule has 0 aromatic carbocycles. The van der Waals surface area contributed by atoms with Gasteiger partial charge in [-0.05, 0) is 18.8 Å². The molecule has 72 valence electrons. The second-order valence-electron chi connectivity index (χ2n) is 3.73. The Morgan fingerprint density at radius 2 is 2.08 bits per heavy atom. The molecule has 2 unspecified atom stereocenters. The van der Waals surface area contributed by atoms with Gasteiger partial charge < -0.3 is 5.11 Å². The lowest BCUT2D eigenvalue weighted by molar-refractivity contribution is -0.138. The molecular weight excluding hydrogens is 166 g/mol. The van der Waals surface area contributed by atoms with Crippen LogP contribution >= 0.6 is 0 Å². The van der Waals surface area contributed by atoms with Crippen LogP contribution in [0.25, 0.3) is 0 Å². The van der Waals surface area contributed by atoms with Crippen LogP contribution < -0.4 is 0 Å². The predicted octanol–water partition coefficient (Wildman–Crippen LogP) is 2.18. The Morgan fingerprint density at radius 1 is 1.38 bits per heavy atom. The Labute approximate surface area is 78.4 Å². The Kier molecular flexibility index (Phi) is 3.75. The summed E-state index contributed by atoms with van der Waals surface area (Å²) in [6.45, 7) is 0. The molecule has 0 radical (unpaired) electrons. The number of hydrogen-bond donors (Lipinski definition) is 1. The Balaban J connectivity index is 2.55. The molecule has 0 bridgehead atoms. The molecule has 1 N–H and O–H groups in total. The van der Waals surface area contributed by atoms with Crippen LogP contribution in [0.5, 0.6) is 0 Å². The van der Waals surface area contributed by atoms with Gasteiger partial charge in [-0.25, -0.2) is 0 Å². The van der Waals surface area contributed by atoms with Crippen molar-refractivity contribution in [2.24, 2.45) is 11.8 Å². The van der Waals surface area contributed by atoms with Crippen LogP contribution in [-0.2, 0) is 4.79 Å². The zero-order valence-corrected chi connectivity index (χ0v) is 7.70. The van der Waals surface area contributed by atoms with Gasteiger partial charge >= 0.3 is 5.97 Å². The number of carbonyl (C=O) groups is 1. The minimum atomic E-state index is -0.771. The summed E-state index contributed by atoms with van der Waals surface area (Å²) in [4.78, 5) is 10.5. The van der Waals surface area contributed by atoms with Crippen molar-refractivity contribution >= 4 is 5.97 Å². The molecule has 0 heterocycles. The van der Waals surface area contributed by atoms with Gasteiger partial charge in [0.15, 0.2) is 0 Å². The fraction of sp³-hybridized carbons (Fsp3) is 0.800. The van der Waals surface area contributed by atoms with E-state index in [9.17, 15) is 4.79 Å². The number of carboxylic acids is 1. The molecule has 0 aromatic rings. The van der Waals surface area contributed by atoms with Crippen LogP contribution in [0.3, 0.4) is 0 Å². The van der Waals surface area contributed by atoms with E-state index in [0.717, 1.165) is 32.1 Å². The summed E-state index contributed by atoms with van der Waals surface area (Å²) in [5.41, 5.74) is 0. The summed E-state index contributed by atoms with van der Waals surface area (Å²) < 4.78 is 0. The fourth-order valence-electron chi connectivity index (χ4n) is 2.02. The molecule has 13 heavy (non-hydrogen) atoms. The summed E-state index contributed by atoms with van der Waals surface area (Å²) in [6.07, 6.45) is 5.26. The summed E-state index contributed by atoms with van der Waals surface area (Å²) in [5.74, 6) is -0.712. The lowest BCUT2D eigenvalue weighted by Gasteiger charge is -2.16. The molecule has 3 nitrogen and oxygen atoms in total. The molecule has 1 saturated carbocycles. The highest BCUT2D eigenvalue weighted by Gasteiger charge is 2.25. The summed E-state index contributed by atoms with van der Waals surface area (Å²) in [7, 11) is 0. The van der Waals surface area contributed by atoms with Crippen LogP contribution in [0.15, 0.2) is 0 Å². The minimum absolute atomic E-state index is 0.0291. The van der Waals surface area contributed by atoms with E-state index in [1.807, 2.05) is 0 Å². The van der Waals surface area contributed by atoms with E-state index < -0.39 is 5.97 Å². The highest BCUT2D eigenvalue weighted by molar-refractivity contribution is 5.67. The van der Waals surface area contributed by atoms with E-state index in [0.29, 0.717) is 0 Å². The molecule has 2 atom stereocenters. The van der Waals surface area contributed by atoms with E-state index in [2.05, 4.69) is 6.07 Å². The van der Waals surface area contributed by atoms with Gasteiger partial charge in [-0.2, -0.15) is 5.26 Å². The third-order valence-electron chi connectivity index (χ3n) is 2.76. The topological polar surface area (TPSA) is 61.1 Å². The molecule has 1 rings (SSSR count). The maximum absolute atomic E-state index is 10.5. The van der Waals surface area contributed by atoms with E-state index in [1.54, 1.807) is 0 Å². The van der Waals surface area contributed by atoms with Crippen molar-refractivity contribution in [3.8, 4) is 6.07 Å². The zero-order valence-electron chi connectivity index (χ0n) is 7.70. The number of carboxylic acid groups (broad SMARTS) is 1. The number of nitrogens with zero attached hydrogens (tertiary/aromatic N) is 1. The molecule has 0 saturated heterocycles. The van der Waals surface area contributed by atoms with Gasteiger partial charge in [0.2, 0.25) is 0 Å². The van der Waals surface area contributed by atoms with Crippen molar-refractivity contribution in [3.05, 3.63) is 0 Å². The normalized spacial score (nSPS) is 28.8. The number of hydrogen-bond acceptors (Lipinski definition) is 2. The standard InChI is InChI=1S/C10H15NO2/c11-7-9-5-3-1-2-4-8(9)6-10(12)13/h8-9H,1-6H2,(H,12,13). The van der Waals surface area contributed by atoms with Crippen molar-refractivity contribution in [1.82, 2.24) is 0 Å². The van der Waals surface area contributed by atoms with E-state index in [4.69, 9.17) is 10.4 Å². The number of aliphatic carboxylic acids is 1. The van der Waals surface area contributed by atoms with Crippen LogP contribution in [0.2, 0.25) is 0 Å². The second-order valence-corrected chi connectivity index (χ2v) is 3.73. The van der Waals surface area contributed by atoms with Gasteiger partial charge in [0.05, 0.1) is 6.07 Å². The summed E-state index contributed by atoms with van der Waals surface area (Å²) in [6, 6.07) is 2.24. The third-order valence-corrected chi connectivity index (χ3v) is 2.76. The average Bonchev–Trinajstić information content (AvgIpc) is 2.28. The molecule has 1 fully saturated rings. The molecule has 0 aliphatic heterocycles. The van der Waals surface area contributed by atoms with Gasteiger partial charge in [-0.15, -0.1) is 0 Å². The zero-order chi connectivity index (χ0) is 9.68. The number of rotatable bonds is 2. The van der Waals surface area contributed by atoms with Gasteiger partial charge in [-0.3, -0.25) is 4.79 Å². The highest BCUT2D eigenvalue weighted by Crippen LogP contribution is 2.30. The van der Waals surface area contributed by atoms with Crippen LogP contribution in [0, 0.1) is 23.2 Å². The summed E-state index contributed by atoms with van der Waals surface area (Å²) in [5, 5.41) is 17.5. The minimum Gasteiger partial charge on any atom is -0.481 e. The van der Waals surface area contributed by atoms with Gasteiger partial charge in [0.25, 0.3) is 0 Å². The van der Waals surface area contributed by atoms with Gasteiger partial charge in [0, 0.05) is 12.3 Å². The second kappa shape index (κ2) is 4.86. The van der Waals surface area contributed by atoms with E-state index in [-0.39, 0.29) is 18.3 Å². The third kappa shape index (κ3) is 3.06. The first kappa shape index (κ1) is 10.0. The van der Waals surface area contributed by atoms with Gasteiger partial charge in [0.1, 0.15) is 0 Å². The first-order valence-corrected chi connectivity index (χ1v) is 4.85. The van der Waals surface area contributed by atoms with Crippen LogP contribution in [-0.4, -0.2) is 11.1 Å². The van der Waals surface area contributed by atoms with Crippen molar-refractivity contribution in [2.45, 2.75) is 38.5 Å². The first-order valence-electron chi connectivity index (χ1n) is 4.85. The van der Waals surface area contributed by atoms with Gasteiger partial charge in [-0.1, -0.05) is 19.3 Å². The lowest BCUT2D eigenvalue weighted by atomic mass is 9.86. The molecule has 0 spiro atoms. The van der Waals surface area contributed by atoms with Crippen molar-refractivity contribution < 1.29 is 9.90 Å². The quantitative estimate of drug-likeness (QED) is 0.664. The molecule has 1 aliphatic rings. The average molecular weight is 181 g/mol. The SMILES string of the molecule is N#CC1CCCCCC1CC(=O)O. The first-order chi connectivity index (χ1) is 6.24. The molecule has 0 amide bonds. The Hall–Kier alpha value is -1.04. The lowest BCUT2D eigenvalue weighted by Crippen LogP contribution is -2.15. The van der Waals surface area contributed by atoms with Crippen molar-refractivity contribution in [1.29, 1.82) is 5.26 Å². The highest BCUT2D eigenvalue weighted by atomic mass is 16.4. The predicted molar refractivity (Wildman–Crippen MR) is 47.9 cm³/mol. The summed E-state index contributed by atoms with van der Waals surface area (Å²) >= 11 is 0. The molecular formula is C10H15NO2. The Morgan fingerprint density at radius 3 is 2.69 bits per heavy atom. The monoisotopic (exact) mass is 181 g/mol. The molecule has 1 aliphatic carbocycles. The van der Waals surface area contributed by atoms with Crippen LogP contribution in [0.1, 0.15) is 38.5 Å². The number of nitriles is 1. The van der Waals surface area contributed by atoms with E-state index >= 15 is 0 Å². The fourth-order valence-corrected chi connectivity index (χ4v) is 2.02. The van der Waals surface area contributed by atoms with E-state index in [1.165, 1.54) is 0 Å². The smallest absolute Gasteiger partial charge is 0.303 e. The van der Waals surface area contributed by atoms with Crippen LogP contribution in [0.4, 0.5) is 0 Å². The maximum Gasteiger partial charge on any atom is 0.303 e. The van der Waals surface area contributed by atoms with Crippen molar-refractivity contribution in [2.75, 3.05) is 0 Å². The maximum atomic E-state index is 10.5. The van der Waals surface area contributed by atoms with Crippen molar-refractivity contribution in [3.63, 3.8) is 0 Å². The molecule has 0 aromatic heterocycles. The Bertz CT molecular complexity index is 219. The largest absolute Gasteiger partial charge is 0.481 e.